The molecular weight excluding hydrogens is 827 g/mol. The lowest BCUT2D eigenvalue weighted by Crippen LogP contribution is -2.44. The van der Waals surface area contributed by atoms with Crippen molar-refractivity contribution in [3.8, 4) is 0 Å². The van der Waals surface area contributed by atoms with E-state index in [1.54, 1.807) is 0 Å². The second kappa shape index (κ2) is 49.7. The van der Waals surface area contributed by atoms with Crippen LogP contribution in [0.3, 0.4) is 0 Å². The van der Waals surface area contributed by atoms with E-state index in [1.165, 1.54) is 225 Å². The van der Waals surface area contributed by atoms with Gasteiger partial charge in [-0.2, -0.15) is 0 Å². The first-order valence-electron chi connectivity index (χ1n) is 28.7. The first kappa shape index (κ1) is 64.3. The molecule has 2 unspecified atom stereocenters. The zero-order chi connectivity index (χ0) is 48.4. The summed E-state index contributed by atoms with van der Waals surface area (Å²) in [5, 5.41) is 11.8. The summed E-state index contributed by atoms with van der Waals surface area (Å²) in [7, 11) is 5.93. The molecule has 0 bridgehead atoms. The van der Waals surface area contributed by atoms with Crippen LogP contribution in [0, 0.1) is 0 Å². The van der Waals surface area contributed by atoms with Crippen molar-refractivity contribution in [3.63, 3.8) is 0 Å². The molecule has 0 aromatic heterocycles. The highest BCUT2D eigenvalue weighted by Gasteiger charge is 2.22. The summed E-state index contributed by atoms with van der Waals surface area (Å²) < 4.78 is 22.7. The molecule has 0 radical (unpaired) electrons. The summed E-state index contributed by atoms with van der Waals surface area (Å²) in [5.74, 6) is -2.25. The number of carboxylic acid groups (broad SMARTS) is 1. The number of carbonyl (C=O) groups excluding carboxylic acids is 3. The molecule has 0 amide bonds. The monoisotopic (exact) mass is 938 g/mol. The quantitative estimate of drug-likeness (QED) is 0.0257. The topological polar surface area (TPSA) is 111 Å². The highest BCUT2D eigenvalue weighted by atomic mass is 16.7. The minimum absolute atomic E-state index is 0.153. The van der Waals surface area contributed by atoms with E-state index in [4.69, 9.17) is 18.9 Å². The fourth-order valence-electron chi connectivity index (χ4n) is 8.66. The first-order chi connectivity index (χ1) is 32.1. The molecule has 392 valence electrons. The predicted octanol–water partition coefficient (Wildman–Crippen LogP) is 15.1. The number of carbonyl (C=O) groups is 3. The van der Waals surface area contributed by atoms with Gasteiger partial charge in [-0.05, 0) is 12.8 Å². The summed E-state index contributed by atoms with van der Waals surface area (Å²) in [6, 6.07) is 0. The number of likely N-dealkylation sites (N-methyl/N-ethyl adjacent to an activating group) is 1. The fraction of sp³-hybridized carbons (Fsp3) is 0.947. The van der Waals surface area contributed by atoms with E-state index in [1.807, 2.05) is 21.1 Å². The van der Waals surface area contributed by atoms with E-state index >= 15 is 0 Å². The van der Waals surface area contributed by atoms with Crippen LogP contribution in [-0.4, -0.2) is 82.3 Å². The maximum absolute atomic E-state index is 12.8. The molecular formula is C57H111NO8. The van der Waals surface area contributed by atoms with Crippen molar-refractivity contribution in [1.82, 2.24) is 0 Å². The lowest BCUT2D eigenvalue weighted by molar-refractivity contribution is -0.870. The third-order valence-electron chi connectivity index (χ3n) is 13.1. The standard InChI is InChI=1S/C57H111NO8/c1-6-8-10-12-14-16-18-20-22-24-26-28-30-32-34-36-38-40-42-44-46-48-55(60)66-53(52-65-57(56(61)62)63-50-49-58(3,4)5)51-64-54(59)47-45-43-41-39-37-35-33-31-29-27-25-23-21-19-17-15-13-11-9-7-2/h53,57H,6-52H2,1-5H3. The van der Waals surface area contributed by atoms with Gasteiger partial charge in [-0.1, -0.05) is 264 Å². The van der Waals surface area contributed by atoms with Crippen molar-refractivity contribution >= 4 is 17.9 Å². The largest absolute Gasteiger partial charge is 0.545 e. The number of rotatable bonds is 54. The van der Waals surface area contributed by atoms with Crippen LogP contribution < -0.4 is 5.11 Å². The zero-order valence-corrected chi connectivity index (χ0v) is 44.6. The lowest BCUT2D eigenvalue weighted by atomic mass is 10.0. The minimum Gasteiger partial charge on any atom is -0.545 e. The van der Waals surface area contributed by atoms with Gasteiger partial charge in [0.15, 0.2) is 12.4 Å². The van der Waals surface area contributed by atoms with E-state index in [0.717, 1.165) is 38.5 Å². The van der Waals surface area contributed by atoms with Gasteiger partial charge in [0.1, 0.15) is 13.2 Å². The lowest BCUT2D eigenvalue weighted by Gasteiger charge is -2.26. The van der Waals surface area contributed by atoms with Crippen molar-refractivity contribution in [3.05, 3.63) is 0 Å². The minimum atomic E-state index is -1.61. The maximum atomic E-state index is 12.8. The molecule has 0 heterocycles. The Morgan fingerprint density at radius 2 is 0.682 bits per heavy atom. The highest BCUT2D eigenvalue weighted by molar-refractivity contribution is 5.70. The summed E-state index contributed by atoms with van der Waals surface area (Å²) in [6.07, 6.45) is 51.4. The van der Waals surface area contributed by atoms with Crippen molar-refractivity contribution in [1.29, 1.82) is 0 Å². The van der Waals surface area contributed by atoms with Crippen LogP contribution in [0.4, 0.5) is 0 Å². The molecule has 0 saturated heterocycles. The van der Waals surface area contributed by atoms with Crippen LogP contribution in [0.1, 0.15) is 290 Å². The molecule has 0 fully saturated rings. The second-order valence-corrected chi connectivity index (χ2v) is 21.0. The molecule has 2 atom stereocenters. The summed E-state index contributed by atoms with van der Waals surface area (Å²) in [6.45, 7) is 4.82. The summed E-state index contributed by atoms with van der Waals surface area (Å²) >= 11 is 0. The number of quaternary nitrogens is 1. The zero-order valence-electron chi connectivity index (χ0n) is 44.6. The molecule has 0 aromatic rings. The van der Waals surface area contributed by atoms with E-state index in [2.05, 4.69) is 13.8 Å². The number of unbranched alkanes of at least 4 members (excludes halogenated alkanes) is 39. The molecule has 0 spiro atoms. The highest BCUT2D eigenvalue weighted by Crippen LogP contribution is 2.18. The molecule has 0 aromatic carbocycles. The van der Waals surface area contributed by atoms with E-state index in [-0.39, 0.29) is 32.2 Å². The third kappa shape index (κ3) is 50.2. The fourth-order valence-corrected chi connectivity index (χ4v) is 8.66. The van der Waals surface area contributed by atoms with E-state index in [0.29, 0.717) is 17.4 Å². The van der Waals surface area contributed by atoms with Gasteiger partial charge in [0, 0.05) is 12.8 Å². The molecule has 0 aliphatic rings. The van der Waals surface area contributed by atoms with Crippen LogP contribution >= 0.6 is 0 Å². The Bertz CT molecular complexity index is 1050. The van der Waals surface area contributed by atoms with Gasteiger partial charge >= 0.3 is 11.9 Å². The number of hydrogen-bond donors (Lipinski definition) is 0. The molecule has 9 heteroatoms. The molecule has 9 nitrogen and oxygen atoms in total. The van der Waals surface area contributed by atoms with Gasteiger partial charge in [-0.25, -0.2) is 0 Å². The molecule has 0 saturated carbocycles. The van der Waals surface area contributed by atoms with Crippen LogP contribution in [0.25, 0.3) is 0 Å². The Kier molecular flexibility index (Phi) is 48.4. The number of esters is 2. The molecule has 0 N–H and O–H groups in total. The van der Waals surface area contributed by atoms with Gasteiger partial charge < -0.3 is 33.3 Å². The smallest absolute Gasteiger partial charge is 0.306 e. The van der Waals surface area contributed by atoms with E-state index < -0.39 is 24.3 Å². The van der Waals surface area contributed by atoms with Crippen LogP contribution in [0.5, 0.6) is 0 Å². The molecule has 0 aliphatic heterocycles. The number of aliphatic carboxylic acids is 1. The van der Waals surface area contributed by atoms with Crippen molar-refractivity contribution < 1.29 is 42.9 Å². The van der Waals surface area contributed by atoms with Gasteiger partial charge in [0.25, 0.3) is 0 Å². The van der Waals surface area contributed by atoms with Gasteiger partial charge in [0.2, 0.25) is 0 Å². The Hall–Kier alpha value is -1.71. The molecule has 0 aliphatic carbocycles. The maximum Gasteiger partial charge on any atom is 0.306 e. The number of ether oxygens (including phenoxy) is 4. The average Bonchev–Trinajstić information content (AvgIpc) is 3.28. The van der Waals surface area contributed by atoms with Gasteiger partial charge in [0.05, 0.1) is 40.3 Å². The van der Waals surface area contributed by atoms with Crippen molar-refractivity contribution in [2.24, 2.45) is 0 Å². The number of hydrogen-bond acceptors (Lipinski definition) is 8. The molecule has 0 rings (SSSR count). The Morgan fingerprint density at radius 3 is 0.970 bits per heavy atom. The van der Waals surface area contributed by atoms with Crippen LogP contribution in [0.2, 0.25) is 0 Å². The Morgan fingerprint density at radius 1 is 0.394 bits per heavy atom. The average molecular weight is 939 g/mol. The van der Waals surface area contributed by atoms with Crippen molar-refractivity contribution in [2.75, 3.05) is 47.5 Å². The third-order valence-corrected chi connectivity index (χ3v) is 13.1. The number of carboxylic acids is 1. The second-order valence-electron chi connectivity index (χ2n) is 21.0. The summed E-state index contributed by atoms with van der Waals surface area (Å²) in [5.41, 5.74) is 0. The normalized spacial score (nSPS) is 12.7. The SMILES string of the molecule is CCCCCCCCCCCCCCCCCCCCCCCC(=O)OC(COC(=O)CCCCCCCCCCCCCCCCCCCCCC)COC(OCC[N+](C)(C)C)C(=O)[O-]. The van der Waals surface area contributed by atoms with Gasteiger partial charge in [-0.3, -0.25) is 9.59 Å². The van der Waals surface area contributed by atoms with E-state index in [9.17, 15) is 19.5 Å². The predicted molar refractivity (Wildman–Crippen MR) is 274 cm³/mol. The van der Waals surface area contributed by atoms with Crippen molar-refractivity contribution in [2.45, 2.75) is 302 Å². The van der Waals surface area contributed by atoms with Crippen LogP contribution in [0.15, 0.2) is 0 Å². The summed E-state index contributed by atoms with van der Waals surface area (Å²) in [4.78, 5) is 37.3. The van der Waals surface area contributed by atoms with Gasteiger partial charge in [-0.15, -0.1) is 0 Å². The Labute approximate surface area is 409 Å². The van der Waals surface area contributed by atoms with Crippen LogP contribution in [-0.2, 0) is 33.3 Å². The number of nitrogens with zero attached hydrogens (tertiary/aromatic N) is 1. The first-order valence-corrected chi connectivity index (χ1v) is 28.7. The Balaban J connectivity index is 4.21. The molecule has 66 heavy (non-hydrogen) atoms.